The molecule has 1 saturated heterocycles. The molecule has 23 heavy (non-hydrogen) atoms. The number of nitrogens with zero attached hydrogens (tertiary/aromatic N) is 2. The van der Waals surface area contributed by atoms with E-state index in [4.69, 9.17) is 9.73 Å². The fraction of sp³-hybridized carbons (Fsp3) is 0.944. The molecule has 5 heteroatoms. The van der Waals surface area contributed by atoms with Gasteiger partial charge in [0.25, 0.3) is 0 Å². The van der Waals surface area contributed by atoms with Crippen molar-refractivity contribution in [3.63, 3.8) is 0 Å². The van der Waals surface area contributed by atoms with Crippen LogP contribution in [0.15, 0.2) is 4.99 Å². The molecule has 0 aliphatic carbocycles. The van der Waals surface area contributed by atoms with Crippen molar-refractivity contribution in [3.05, 3.63) is 0 Å². The molecule has 2 N–H and O–H groups in total. The molecule has 1 fully saturated rings. The van der Waals surface area contributed by atoms with Crippen molar-refractivity contribution in [2.45, 2.75) is 53.6 Å². The molecular formula is C18H38N4O. The van der Waals surface area contributed by atoms with E-state index >= 15 is 0 Å². The van der Waals surface area contributed by atoms with Crippen molar-refractivity contribution in [1.82, 2.24) is 15.5 Å². The van der Waals surface area contributed by atoms with Gasteiger partial charge in [-0.1, -0.05) is 27.7 Å². The fourth-order valence-electron chi connectivity index (χ4n) is 3.06. The summed E-state index contributed by atoms with van der Waals surface area (Å²) in [5, 5.41) is 6.86. The van der Waals surface area contributed by atoms with Gasteiger partial charge in [-0.2, -0.15) is 0 Å². The van der Waals surface area contributed by atoms with Crippen LogP contribution in [0.4, 0.5) is 0 Å². The molecule has 1 aliphatic heterocycles. The second-order valence-corrected chi connectivity index (χ2v) is 7.65. The van der Waals surface area contributed by atoms with E-state index in [2.05, 4.69) is 50.2 Å². The van der Waals surface area contributed by atoms with Gasteiger partial charge in [0.2, 0.25) is 0 Å². The van der Waals surface area contributed by atoms with Crippen LogP contribution in [0.25, 0.3) is 0 Å². The summed E-state index contributed by atoms with van der Waals surface area (Å²) >= 11 is 0. The number of methoxy groups -OCH3 is 1. The van der Waals surface area contributed by atoms with Crippen molar-refractivity contribution >= 4 is 5.96 Å². The topological polar surface area (TPSA) is 48.9 Å². The first-order valence-electron chi connectivity index (χ1n) is 9.18. The highest BCUT2D eigenvalue weighted by atomic mass is 16.5. The van der Waals surface area contributed by atoms with Crippen LogP contribution in [0.2, 0.25) is 0 Å². The van der Waals surface area contributed by atoms with Crippen LogP contribution in [0.5, 0.6) is 0 Å². The zero-order valence-electron chi connectivity index (χ0n) is 16.1. The molecule has 0 spiro atoms. The summed E-state index contributed by atoms with van der Waals surface area (Å²) in [7, 11) is 1.77. The summed E-state index contributed by atoms with van der Waals surface area (Å²) in [5.41, 5.74) is 0.0989. The lowest BCUT2D eigenvalue weighted by molar-refractivity contribution is 0.0241. The number of guanidine groups is 1. The molecule has 0 aromatic carbocycles. The standard InChI is InChI=1S/C18H38N4O/c1-7-10-22-11-9-15(14-22)12-20-17(19-8-2)21-13-16(23-6)18(3,4)5/h15-16H,7-14H2,1-6H3,(H2,19,20,21). The molecule has 136 valence electrons. The molecule has 1 aliphatic rings. The van der Waals surface area contributed by atoms with Gasteiger partial charge in [-0.25, -0.2) is 0 Å². The first kappa shape index (κ1) is 20.2. The Hall–Kier alpha value is -0.810. The molecule has 5 nitrogen and oxygen atoms in total. The highest BCUT2D eigenvalue weighted by molar-refractivity contribution is 5.79. The van der Waals surface area contributed by atoms with Crippen LogP contribution in [-0.4, -0.2) is 63.3 Å². The predicted molar refractivity (Wildman–Crippen MR) is 99.1 cm³/mol. The van der Waals surface area contributed by atoms with E-state index in [1.807, 2.05) is 0 Å². The van der Waals surface area contributed by atoms with Gasteiger partial charge in [0, 0.05) is 26.7 Å². The number of ether oxygens (including phenoxy) is 1. The molecule has 2 atom stereocenters. The molecule has 0 aromatic rings. The Balaban J connectivity index is 2.47. The van der Waals surface area contributed by atoms with E-state index in [-0.39, 0.29) is 11.5 Å². The molecule has 2 unspecified atom stereocenters. The Morgan fingerprint density at radius 3 is 2.61 bits per heavy atom. The Kier molecular flexibility index (Phi) is 8.92. The van der Waals surface area contributed by atoms with Crippen LogP contribution >= 0.6 is 0 Å². The minimum atomic E-state index is 0.0989. The molecule has 0 saturated carbocycles. The summed E-state index contributed by atoms with van der Waals surface area (Å²) in [4.78, 5) is 7.29. The van der Waals surface area contributed by atoms with Crippen molar-refractivity contribution < 1.29 is 4.74 Å². The van der Waals surface area contributed by atoms with Gasteiger partial charge in [0.05, 0.1) is 12.6 Å². The maximum atomic E-state index is 5.59. The minimum absolute atomic E-state index is 0.0989. The Labute approximate surface area is 143 Å². The van der Waals surface area contributed by atoms with E-state index in [1.165, 1.54) is 32.5 Å². The van der Waals surface area contributed by atoms with Crippen LogP contribution in [0.1, 0.15) is 47.5 Å². The summed E-state index contributed by atoms with van der Waals surface area (Å²) in [6.45, 7) is 17.2. The van der Waals surface area contributed by atoms with Gasteiger partial charge in [-0.05, 0) is 44.2 Å². The fourth-order valence-corrected chi connectivity index (χ4v) is 3.06. The average molecular weight is 327 g/mol. The van der Waals surface area contributed by atoms with E-state index in [0.29, 0.717) is 6.54 Å². The van der Waals surface area contributed by atoms with E-state index in [0.717, 1.165) is 25.0 Å². The first-order valence-corrected chi connectivity index (χ1v) is 9.18. The van der Waals surface area contributed by atoms with Gasteiger partial charge >= 0.3 is 0 Å². The largest absolute Gasteiger partial charge is 0.379 e. The quantitative estimate of drug-likeness (QED) is 0.531. The maximum Gasteiger partial charge on any atom is 0.191 e. The van der Waals surface area contributed by atoms with Gasteiger partial charge in [0.15, 0.2) is 5.96 Å². The highest BCUT2D eigenvalue weighted by Gasteiger charge is 2.24. The third kappa shape index (κ3) is 7.53. The predicted octanol–water partition coefficient (Wildman–Crippen LogP) is 2.33. The minimum Gasteiger partial charge on any atom is -0.379 e. The molecule has 0 radical (unpaired) electrons. The van der Waals surface area contributed by atoms with Crippen LogP contribution in [-0.2, 0) is 4.74 Å². The molecule has 0 bridgehead atoms. The summed E-state index contributed by atoms with van der Waals surface area (Å²) in [6, 6.07) is 0. The van der Waals surface area contributed by atoms with E-state index in [9.17, 15) is 0 Å². The van der Waals surface area contributed by atoms with Crippen LogP contribution < -0.4 is 10.6 Å². The normalized spacial score (nSPS) is 21.5. The second kappa shape index (κ2) is 10.1. The molecule has 1 rings (SSSR count). The number of likely N-dealkylation sites (tertiary alicyclic amines) is 1. The van der Waals surface area contributed by atoms with Gasteiger partial charge in [-0.3, -0.25) is 4.99 Å². The number of hydrogen-bond donors (Lipinski definition) is 2. The Morgan fingerprint density at radius 1 is 1.30 bits per heavy atom. The lowest BCUT2D eigenvalue weighted by Crippen LogP contribution is -2.41. The number of nitrogens with one attached hydrogen (secondary N) is 2. The van der Waals surface area contributed by atoms with Crippen LogP contribution in [0, 0.1) is 11.3 Å². The molecule has 0 amide bonds. The lowest BCUT2D eigenvalue weighted by atomic mass is 9.89. The highest BCUT2D eigenvalue weighted by Crippen LogP contribution is 2.21. The summed E-state index contributed by atoms with van der Waals surface area (Å²) < 4.78 is 5.59. The van der Waals surface area contributed by atoms with Crippen LogP contribution in [0.3, 0.4) is 0 Å². The van der Waals surface area contributed by atoms with Crippen molar-refractivity contribution in [3.8, 4) is 0 Å². The SMILES string of the molecule is CCCN1CCC(CNC(=NCC(OC)C(C)(C)C)NCC)C1. The summed E-state index contributed by atoms with van der Waals surface area (Å²) in [5.74, 6) is 1.64. The van der Waals surface area contributed by atoms with Gasteiger partial charge < -0.3 is 20.3 Å². The molecular weight excluding hydrogens is 288 g/mol. The Bertz CT molecular complexity index is 351. The Morgan fingerprint density at radius 2 is 2.04 bits per heavy atom. The smallest absolute Gasteiger partial charge is 0.191 e. The second-order valence-electron chi connectivity index (χ2n) is 7.65. The number of hydrogen-bond acceptors (Lipinski definition) is 3. The lowest BCUT2D eigenvalue weighted by Gasteiger charge is -2.28. The van der Waals surface area contributed by atoms with E-state index in [1.54, 1.807) is 7.11 Å². The number of aliphatic imine (C=N–C) groups is 1. The van der Waals surface area contributed by atoms with Gasteiger partial charge in [-0.15, -0.1) is 0 Å². The van der Waals surface area contributed by atoms with Crippen molar-refractivity contribution in [2.75, 3.05) is 46.4 Å². The molecule has 0 aromatic heterocycles. The average Bonchev–Trinajstić information content (AvgIpc) is 2.92. The third-order valence-corrected chi connectivity index (χ3v) is 4.48. The number of rotatable bonds is 8. The third-order valence-electron chi connectivity index (χ3n) is 4.48. The van der Waals surface area contributed by atoms with Crippen molar-refractivity contribution in [1.29, 1.82) is 0 Å². The summed E-state index contributed by atoms with van der Waals surface area (Å²) in [6.07, 6.45) is 2.66. The molecule has 1 heterocycles. The monoisotopic (exact) mass is 326 g/mol. The van der Waals surface area contributed by atoms with Crippen molar-refractivity contribution in [2.24, 2.45) is 16.3 Å². The first-order chi connectivity index (χ1) is 10.9. The van der Waals surface area contributed by atoms with E-state index < -0.39 is 0 Å². The zero-order valence-corrected chi connectivity index (χ0v) is 16.1. The zero-order chi connectivity index (χ0) is 17.3. The maximum absolute atomic E-state index is 5.59. The van der Waals surface area contributed by atoms with Gasteiger partial charge in [0.1, 0.15) is 0 Å².